The van der Waals surface area contributed by atoms with Crippen LogP contribution >= 0.6 is 15.9 Å². The van der Waals surface area contributed by atoms with E-state index in [1.165, 1.54) is 19.3 Å². The zero-order valence-electron chi connectivity index (χ0n) is 11.0. The molecule has 6 heteroatoms. The lowest BCUT2D eigenvalue weighted by molar-refractivity contribution is 0.163. The van der Waals surface area contributed by atoms with Gasteiger partial charge >= 0.3 is 0 Å². The van der Waals surface area contributed by atoms with Gasteiger partial charge in [-0.05, 0) is 31.6 Å². The SMILES string of the molecule is CCOCCS(=O)(=O)NCC1CCCCC1CBr. The molecule has 108 valence electrons. The molecule has 2 unspecified atom stereocenters. The van der Waals surface area contributed by atoms with Gasteiger partial charge in [-0.1, -0.05) is 28.8 Å². The number of hydrogen-bond acceptors (Lipinski definition) is 3. The number of alkyl halides is 1. The summed E-state index contributed by atoms with van der Waals surface area (Å²) in [4.78, 5) is 0. The molecule has 0 aliphatic heterocycles. The van der Waals surface area contributed by atoms with E-state index in [9.17, 15) is 8.42 Å². The Labute approximate surface area is 119 Å². The molecule has 1 aliphatic carbocycles. The molecule has 0 radical (unpaired) electrons. The lowest BCUT2D eigenvalue weighted by atomic mass is 9.80. The van der Waals surface area contributed by atoms with Crippen LogP contribution in [0, 0.1) is 11.8 Å². The first-order valence-corrected chi connectivity index (χ1v) is 9.47. The highest BCUT2D eigenvalue weighted by Gasteiger charge is 2.25. The predicted molar refractivity (Wildman–Crippen MR) is 77.5 cm³/mol. The van der Waals surface area contributed by atoms with E-state index >= 15 is 0 Å². The number of nitrogens with one attached hydrogen (secondary N) is 1. The quantitative estimate of drug-likeness (QED) is 0.543. The van der Waals surface area contributed by atoms with E-state index in [0.29, 0.717) is 25.0 Å². The molecule has 0 saturated heterocycles. The Hall–Kier alpha value is 0.350. The van der Waals surface area contributed by atoms with Gasteiger partial charge in [0.05, 0.1) is 12.4 Å². The van der Waals surface area contributed by atoms with Crippen molar-refractivity contribution in [1.29, 1.82) is 0 Å². The lowest BCUT2D eigenvalue weighted by Gasteiger charge is -2.30. The summed E-state index contributed by atoms with van der Waals surface area (Å²) in [5.41, 5.74) is 0. The van der Waals surface area contributed by atoms with E-state index in [2.05, 4.69) is 20.7 Å². The first-order chi connectivity index (χ1) is 8.59. The van der Waals surface area contributed by atoms with Crippen molar-refractivity contribution in [3.63, 3.8) is 0 Å². The average Bonchev–Trinajstić information content (AvgIpc) is 2.37. The minimum atomic E-state index is -3.18. The minimum Gasteiger partial charge on any atom is -0.381 e. The maximum absolute atomic E-state index is 11.7. The molecule has 2 atom stereocenters. The molecule has 0 heterocycles. The summed E-state index contributed by atoms with van der Waals surface area (Å²) in [5.74, 6) is 1.14. The molecule has 0 spiro atoms. The third-order valence-corrected chi connectivity index (χ3v) is 5.67. The molecule has 0 aromatic carbocycles. The minimum absolute atomic E-state index is 0.0620. The molecule has 1 rings (SSSR count). The highest BCUT2D eigenvalue weighted by molar-refractivity contribution is 9.09. The Morgan fingerprint density at radius 3 is 2.56 bits per heavy atom. The first-order valence-electron chi connectivity index (χ1n) is 6.70. The van der Waals surface area contributed by atoms with Gasteiger partial charge in [0, 0.05) is 18.5 Å². The van der Waals surface area contributed by atoms with Crippen molar-refractivity contribution in [3.8, 4) is 0 Å². The van der Waals surface area contributed by atoms with Crippen LogP contribution in [0.1, 0.15) is 32.6 Å². The van der Waals surface area contributed by atoms with E-state index < -0.39 is 10.0 Å². The fourth-order valence-electron chi connectivity index (χ4n) is 2.38. The van der Waals surface area contributed by atoms with Gasteiger partial charge < -0.3 is 4.74 Å². The van der Waals surface area contributed by atoms with Crippen LogP contribution in [0.2, 0.25) is 0 Å². The van der Waals surface area contributed by atoms with Crippen LogP contribution in [-0.4, -0.2) is 39.3 Å². The largest absolute Gasteiger partial charge is 0.381 e. The second kappa shape index (κ2) is 8.51. The van der Waals surface area contributed by atoms with Gasteiger partial charge in [0.25, 0.3) is 0 Å². The van der Waals surface area contributed by atoms with Crippen LogP contribution in [0.25, 0.3) is 0 Å². The van der Waals surface area contributed by atoms with Crippen LogP contribution < -0.4 is 4.72 Å². The van der Waals surface area contributed by atoms with Gasteiger partial charge in [0.15, 0.2) is 0 Å². The Morgan fingerprint density at radius 1 is 1.28 bits per heavy atom. The Balaban J connectivity index is 2.33. The van der Waals surface area contributed by atoms with E-state index in [1.807, 2.05) is 6.92 Å². The van der Waals surface area contributed by atoms with Crippen molar-refractivity contribution >= 4 is 26.0 Å². The summed E-state index contributed by atoms with van der Waals surface area (Å²) < 4.78 is 31.3. The summed E-state index contributed by atoms with van der Waals surface area (Å²) in [6.45, 7) is 3.27. The van der Waals surface area contributed by atoms with Crippen LogP contribution in [0.5, 0.6) is 0 Å². The molecule has 0 bridgehead atoms. The maximum Gasteiger partial charge on any atom is 0.213 e. The van der Waals surface area contributed by atoms with Crippen LogP contribution in [0.15, 0.2) is 0 Å². The van der Waals surface area contributed by atoms with Gasteiger partial charge in [-0.2, -0.15) is 0 Å². The number of sulfonamides is 1. The van der Waals surface area contributed by atoms with Crippen molar-refractivity contribution in [3.05, 3.63) is 0 Å². The molecular weight excluding hydrogens is 318 g/mol. The number of halogens is 1. The average molecular weight is 342 g/mol. The van der Waals surface area contributed by atoms with Crippen molar-refractivity contribution in [1.82, 2.24) is 4.72 Å². The molecule has 18 heavy (non-hydrogen) atoms. The van der Waals surface area contributed by atoms with E-state index in [0.717, 1.165) is 11.8 Å². The predicted octanol–water partition coefficient (Wildman–Crippen LogP) is 2.14. The van der Waals surface area contributed by atoms with Crippen molar-refractivity contribution < 1.29 is 13.2 Å². The third-order valence-electron chi connectivity index (χ3n) is 3.53. The van der Waals surface area contributed by atoms with Crippen LogP contribution in [0.4, 0.5) is 0 Å². The highest BCUT2D eigenvalue weighted by Crippen LogP contribution is 2.30. The van der Waals surface area contributed by atoms with E-state index in [-0.39, 0.29) is 12.4 Å². The summed E-state index contributed by atoms with van der Waals surface area (Å²) in [6, 6.07) is 0. The van der Waals surface area contributed by atoms with Crippen molar-refractivity contribution in [2.24, 2.45) is 11.8 Å². The summed E-state index contributed by atoms with van der Waals surface area (Å²) in [7, 11) is -3.18. The topological polar surface area (TPSA) is 55.4 Å². The molecule has 0 amide bonds. The van der Waals surface area contributed by atoms with Gasteiger partial charge in [-0.15, -0.1) is 0 Å². The second-order valence-electron chi connectivity index (χ2n) is 4.82. The molecule has 1 N–H and O–H groups in total. The van der Waals surface area contributed by atoms with Gasteiger partial charge in [0.1, 0.15) is 0 Å². The maximum atomic E-state index is 11.7. The second-order valence-corrected chi connectivity index (χ2v) is 7.40. The number of hydrogen-bond donors (Lipinski definition) is 1. The number of rotatable bonds is 8. The zero-order chi connectivity index (χ0) is 13.4. The number of ether oxygens (including phenoxy) is 1. The van der Waals surface area contributed by atoms with Gasteiger partial charge in [-0.3, -0.25) is 0 Å². The fourth-order valence-corrected chi connectivity index (χ4v) is 4.18. The Kier molecular flexibility index (Phi) is 7.75. The smallest absolute Gasteiger partial charge is 0.213 e. The molecule has 1 aliphatic rings. The lowest BCUT2D eigenvalue weighted by Crippen LogP contribution is -2.36. The standard InChI is InChI=1S/C12H24BrNO3S/c1-2-17-7-8-18(15,16)14-10-12-6-4-3-5-11(12)9-13/h11-12,14H,2-10H2,1H3. The Morgan fingerprint density at radius 2 is 1.94 bits per heavy atom. The van der Waals surface area contributed by atoms with Gasteiger partial charge in [0.2, 0.25) is 10.0 Å². The van der Waals surface area contributed by atoms with E-state index in [1.54, 1.807) is 0 Å². The van der Waals surface area contributed by atoms with Gasteiger partial charge in [-0.25, -0.2) is 13.1 Å². The van der Waals surface area contributed by atoms with Crippen LogP contribution in [0.3, 0.4) is 0 Å². The molecule has 1 fully saturated rings. The first kappa shape index (κ1) is 16.4. The Bertz CT molecular complexity index is 321. The van der Waals surface area contributed by atoms with Crippen molar-refractivity contribution in [2.45, 2.75) is 32.6 Å². The molecule has 1 saturated carbocycles. The fraction of sp³-hybridized carbons (Fsp3) is 1.00. The summed E-state index contributed by atoms with van der Waals surface area (Å²) >= 11 is 3.53. The molecular formula is C12H24BrNO3S. The molecule has 4 nitrogen and oxygen atoms in total. The van der Waals surface area contributed by atoms with Crippen LogP contribution in [-0.2, 0) is 14.8 Å². The van der Waals surface area contributed by atoms with E-state index in [4.69, 9.17) is 4.74 Å². The normalized spacial score (nSPS) is 25.2. The summed E-state index contributed by atoms with van der Waals surface area (Å²) in [6.07, 6.45) is 4.82. The zero-order valence-corrected chi connectivity index (χ0v) is 13.4. The monoisotopic (exact) mass is 341 g/mol. The molecule has 0 aromatic heterocycles. The third kappa shape index (κ3) is 5.99. The summed E-state index contributed by atoms with van der Waals surface area (Å²) in [5, 5.41) is 0.971. The van der Waals surface area contributed by atoms with Crippen molar-refractivity contribution in [2.75, 3.05) is 30.8 Å². The molecule has 0 aromatic rings. The highest BCUT2D eigenvalue weighted by atomic mass is 79.9.